The molecule has 1 atom stereocenters. The Morgan fingerprint density at radius 3 is 2.55 bits per heavy atom. The van der Waals surface area contributed by atoms with E-state index in [-0.39, 0.29) is 37.4 Å². The van der Waals surface area contributed by atoms with Crippen LogP contribution in [0.4, 0.5) is 0 Å². The highest BCUT2D eigenvalue weighted by Crippen LogP contribution is 2.08. The number of hydrogen-bond donors (Lipinski definition) is 2. The van der Waals surface area contributed by atoms with Gasteiger partial charge in [-0.2, -0.15) is 0 Å². The second-order valence-electron chi connectivity index (χ2n) is 8.03. The third-order valence-corrected chi connectivity index (χ3v) is 5.53. The summed E-state index contributed by atoms with van der Waals surface area (Å²) in [7, 11) is 0. The van der Waals surface area contributed by atoms with Crippen LogP contribution in [0.15, 0.2) is 56.7 Å². The standard InChI is InChI=1S/C24H30N4O5/c1-3-17(2)26-22(30)16-28-20-11-5-4-10-19(20)23(31)27(24(28)32)13-7-6-12-21(29)25-15-18-9-8-14-33-18/h4-5,8-11,14,17H,3,6-7,12-13,15-16H2,1-2H3,(H,25,29)(H,26,30)/t17-/m1/s1. The largest absolute Gasteiger partial charge is 0.467 e. The molecule has 176 valence electrons. The maximum absolute atomic E-state index is 13.1. The molecule has 33 heavy (non-hydrogen) atoms. The third-order valence-electron chi connectivity index (χ3n) is 5.53. The van der Waals surface area contributed by atoms with Crippen LogP contribution in [-0.4, -0.2) is 27.0 Å². The number of furan rings is 1. The van der Waals surface area contributed by atoms with Crippen LogP contribution in [0.3, 0.4) is 0 Å². The van der Waals surface area contributed by atoms with Gasteiger partial charge in [0, 0.05) is 19.0 Å². The third kappa shape index (κ3) is 6.21. The van der Waals surface area contributed by atoms with E-state index in [0.717, 1.165) is 11.0 Å². The van der Waals surface area contributed by atoms with E-state index in [1.54, 1.807) is 42.7 Å². The lowest BCUT2D eigenvalue weighted by molar-refractivity contribution is -0.122. The Kier molecular flexibility index (Phi) is 8.23. The van der Waals surface area contributed by atoms with Gasteiger partial charge in [0.15, 0.2) is 0 Å². The van der Waals surface area contributed by atoms with Crippen molar-refractivity contribution in [1.29, 1.82) is 0 Å². The van der Waals surface area contributed by atoms with Gasteiger partial charge in [-0.3, -0.25) is 23.5 Å². The highest BCUT2D eigenvalue weighted by atomic mass is 16.3. The minimum atomic E-state index is -0.528. The number of carbonyl (C=O) groups is 2. The van der Waals surface area contributed by atoms with Crippen molar-refractivity contribution in [1.82, 2.24) is 19.8 Å². The molecule has 0 spiro atoms. The van der Waals surface area contributed by atoms with Crippen molar-refractivity contribution in [3.63, 3.8) is 0 Å². The smallest absolute Gasteiger partial charge is 0.331 e. The van der Waals surface area contributed by atoms with Crippen LogP contribution in [-0.2, 0) is 29.2 Å². The number of unbranched alkanes of at least 4 members (excludes halogenated alkanes) is 1. The lowest BCUT2D eigenvalue weighted by Gasteiger charge is -2.16. The van der Waals surface area contributed by atoms with Gasteiger partial charge in [0.25, 0.3) is 5.56 Å². The number of fused-ring (bicyclic) bond motifs is 1. The van der Waals surface area contributed by atoms with Gasteiger partial charge < -0.3 is 15.1 Å². The summed E-state index contributed by atoms with van der Waals surface area (Å²) in [5.41, 5.74) is -0.489. The van der Waals surface area contributed by atoms with Crippen molar-refractivity contribution in [2.24, 2.45) is 0 Å². The van der Waals surface area contributed by atoms with E-state index in [1.807, 2.05) is 13.8 Å². The Morgan fingerprint density at radius 1 is 1.03 bits per heavy atom. The number of nitrogens with zero attached hydrogens (tertiary/aromatic N) is 2. The van der Waals surface area contributed by atoms with E-state index in [4.69, 9.17) is 4.42 Å². The number of nitrogens with one attached hydrogen (secondary N) is 2. The molecule has 2 N–H and O–H groups in total. The monoisotopic (exact) mass is 454 g/mol. The van der Waals surface area contributed by atoms with Crippen LogP contribution in [0, 0.1) is 0 Å². The number of rotatable bonds is 11. The Hall–Kier alpha value is -3.62. The number of carbonyl (C=O) groups excluding carboxylic acids is 2. The maximum atomic E-state index is 13.1. The highest BCUT2D eigenvalue weighted by molar-refractivity contribution is 5.81. The fraction of sp³-hybridized carbons (Fsp3) is 0.417. The minimum Gasteiger partial charge on any atom is -0.467 e. The Balaban J connectivity index is 1.69. The van der Waals surface area contributed by atoms with Crippen LogP contribution in [0.25, 0.3) is 10.9 Å². The Bertz CT molecular complexity index is 1210. The van der Waals surface area contributed by atoms with Gasteiger partial charge in [-0.25, -0.2) is 4.79 Å². The van der Waals surface area contributed by atoms with Crippen LogP contribution >= 0.6 is 0 Å². The van der Waals surface area contributed by atoms with E-state index in [2.05, 4.69) is 10.6 Å². The van der Waals surface area contributed by atoms with Crippen molar-refractivity contribution in [3.05, 3.63) is 69.3 Å². The highest BCUT2D eigenvalue weighted by Gasteiger charge is 2.16. The molecule has 0 saturated carbocycles. The van der Waals surface area contributed by atoms with Crippen LogP contribution in [0.5, 0.6) is 0 Å². The molecule has 0 saturated heterocycles. The number of aromatic nitrogens is 2. The van der Waals surface area contributed by atoms with Gasteiger partial charge in [-0.15, -0.1) is 0 Å². The van der Waals surface area contributed by atoms with E-state index in [1.165, 1.54) is 4.57 Å². The summed E-state index contributed by atoms with van der Waals surface area (Å²) in [5.74, 6) is 0.260. The van der Waals surface area contributed by atoms with Crippen LogP contribution in [0.2, 0.25) is 0 Å². The molecular weight excluding hydrogens is 424 g/mol. The summed E-state index contributed by atoms with van der Waals surface area (Å²) in [5, 5.41) is 6.00. The van der Waals surface area contributed by atoms with Crippen LogP contribution in [0.1, 0.15) is 45.3 Å². The fourth-order valence-electron chi connectivity index (χ4n) is 3.53. The maximum Gasteiger partial charge on any atom is 0.331 e. The lowest BCUT2D eigenvalue weighted by Crippen LogP contribution is -2.43. The molecule has 1 aromatic carbocycles. The van der Waals surface area contributed by atoms with Crippen molar-refractivity contribution in [2.45, 2.75) is 65.2 Å². The second-order valence-corrected chi connectivity index (χ2v) is 8.03. The summed E-state index contributed by atoms with van der Waals surface area (Å²) in [6, 6.07) is 10.3. The first-order valence-corrected chi connectivity index (χ1v) is 11.2. The Labute approximate surface area is 191 Å². The number of hydrogen-bond acceptors (Lipinski definition) is 5. The molecule has 3 aromatic rings. The zero-order chi connectivity index (χ0) is 23.8. The van der Waals surface area contributed by atoms with Gasteiger partial charge in [0.2, 0.25) is 11.8 Å². The summed E-state index contributed by atoms with van der Waals surface area (Å²) in [4.78, 5) is 50.5. The summed E-state index contributed by atoms with van der Waals surface area (Å²) in [6.45, 7) is 4.17. The van der Waals surface area contributed by atoms with Crippen molar-refractivity contribution >= 4 is 22.7 Å². The molecule has 0 aliphatic carbocycles. The van der Waals surface area contributed by atoms with Crippen molar-refractivity contribution in [3.8, 4) is 0 Å². The van der Waals surface area contributed by atoms with Gasteiger partial charge in [-0.05, 0) is 50.5 Å². The molecule has 9 heteroatoms. The molecule has 3 rings (SSSR count). The summed E-state index contributed by atoms with van der Waals surface area (Å²) >= 11 is 0. The van der Waals surface area contributed by atoms with Gasteiger partial charge in [0.05, 0.1) is 23.7 Å². The van der Waals surface area contributed by atoms with Gasteiger partial charge >= 0.3 is 5.69 Å². The molecule has 0 fully saturated rings. The molecule has 0 radical (unpaired) electrons. The molecule has 0 bridgehead atoms. The molecule has 2 amide bonds. The molecule has 2 heterocycles. The predicted molar refractivity (Wildman–Crippen MR) is 125 cm³/mol. The van der Waals surface area contributed by atoms with Gasteiger partial charge in [-0.1, -0.05) is 19.1 Å². The van der Waals surface area contributed by atoms with Crippen molar-refractivity contribution in [2.75, 3.05) is 0 Å². The van der Waals surface area contributed by atoms with E-state index >= 15 is 0 Å². The average molecular weight is 455 g/mol. The first-order chi connectivity index (χ1) is 15.9. The zero-order valence-corrected chi connectivity index (χ0v) is 19.0. The quantitative estimate of drug-likeness (QED) is 0.431. The normalized spacial score (nSPS) is 11.9. The van der Waals surface area contributed by atoms with Crippen LogP contribution < -0.4 is 21.9 Å². The van der Waals surface area contributed by atoms with Crippen molar-refractivity contribution < 1.29 is 14.0 Å². The van der Waals surface area contributed by atoms with E-state index in [9.17, 15) is 19.2 Å². The number of benzene rings is 1. The number of para-hydroxylation sites is 1. The summed E-state index contributed by atoms with van der Waals surface area (Å²) < 4.78 is 7.67. The molecular formula is C24H30N4O5. The predicted octanol–water partition coefficient (Wildman–Crippen LogP) is 2.16. The lowest BCUT2D eigenvalue weighted by atomic mass is 10.2. The minimum absolute atomic E-state index is 0.00990. The molecule has 0 unspecified atom stereocenters. The molecule has 9 nitrogen and oxygen atoms in total. The SMILES string of the molecule is CC[C@@H](C)NC(=O)Cn1c(=O)n(CCCCC(=O)NCc2ccco2)c(=O)c2ccccc21. The molecule has 0 aliphatic rings. The van der Waals surface area contributed by atoms with Gasteiger partial charge in [0.1, 0.15) is 12.3 Å². The first-order valence-electron chi connectivity index (χ1n) is 11.2. The molecule has 0 aliphatic heterocycles. The fourth-order valence-corrected chi connectivity index (χ4v) is 3.53. The average Bonchev–Trinajstić information content (AvgIpc) is 3.33. The second kappa shape index (κ2) is 11.3. The van der Waals surface area contributed by atoms with E-state index < -0.39 is 11.2 Å². The topological polar surface area (TPSA) is 115 Å². The summed E-state index contributed by atoms with van der Waals surface area (Å²) in [6.07, 6.45) is 3.58. The van der Waals surface area contributed by atoms with E-state index in [0.29, 0.717) is 36.0 Å². The zero-order valence-electron chi connectivity index (χ0n) is 19.0. The molecule has 2 aromatic heterocycles. The first kappa shape index (κ1) is 24.0. The number of amides is 2. The Morgan fingerprint density at radius 2 is 1.82 bits per heavy atom.